The molecule has 32 heavy (non-hydrogen) atoms. The minimum Gasteiger partial charge on any atom is -0.495 e. The molecule has 174 valence electrons. The number of rotatable bonds is 10. The van der Waals surface area contributed by atoms with Crippen molar-refractivity contribution in [2.24, 2.45) is 5.92 Å². The first-order valence-electron chi connectivity index (χ1n) is 11.9. The molecule has 2 aromatic rings. The average molecular weight is 439 g/mol. The van der Waals surface area contributed by atoms with Crippen molar-refractivity contribution in [3.63, 3.8) is 0 Å². The molecule has 3 rings (SSSR count). The van der Waals surface area contributed by atoms with Gasteiger partial charge in [-0.25, -0.2) is 0 Å². The van der Waals surface area contributed by atoms with Crippen LogP contribution in [0.2, 0.25) is 0 Å². The summed E-state index contributed by atoms with van der Waals surface area (Å²) in [6, 6.07) is 18.4. The van der Waals surface area contributed by atoms with Crippen molar-refractivity contribution in [1.29, 1.82) is 0 Å². The van der Waals surface area contributed by atoms with Crippen molar-refractivity contribution in [3.05, 3.63) is 60.2 Å². The number of ether oxygens (including phenoxy) is 2. The summed E-state index contributed by atoms with van der Waals surface area (Å²) in [5.41, 5.74) is 1.63. The number of anilines is 1. The molecule has 1 fully saturated rings. The van der Waals surface area contributed by atoms with E-state index in [-0.39, 0.29) is 11.9 Å². The molecule has 5 heteroatoms. The van der Waals surface area contributed by atoms with E-state index in [0.29, 0.717) is 6.61 Å². The third-order valence-electron chi connectivity index (χ3n) is 6.76. The minimum atomic E-state index is -0.601. The second-order valence-corrected chi connectivity index (χ2v) is 8.82. The zero-order valence-corrected chi connectivity index (χ0v) is 20.0. The highest BCUT2D eigenvalue weighted by Gasteiger charge is 2.44. The number of carbonyl (C=O) groups excluding carboxylic acids is 1. The van der Waals surface area contributed by atoms with Crippen LogP contribution in [-0.4, -0.2) is 57.3 Å². The van der Waals surface area contributed by atoms with Gasteiger partial charge in [0, 0.05) is 26.2 Å². The molecule has 0 aromatic heterocycles. The molecule has 1 heterocycles. The smallest absolute Gasteiger partial charge is 0.316 e. The van der Waals surface area contributed by atoms with E-state index in [1.807, 2.05) is 37.3 Å². The molecule has 0 radical (unpaired) electrons. The van der Waals surface area contributed by atoms with Crippen molar-refractivity contribution in [2.45, 2.75) is 39.0 Å². The molecule has 1 saturated heterocycles. The summed E-state index contributed by atoms with van der Waals surface area (Å²) < 4.78 is 11.1. The van der Waals surface area contributed by atoms with Crippen LogP contribution < -0.4 is 9.64 Å². The van der Waals surface area contributed by atoms with E-state index >= 15 is 0 Å². The van der Waals surface area contributed by atoms with Gasteiger partial charge < -0.3 is 14.4 Å². The van der Waals surface area contributed by atoms with E-state index in [1.165, 1.54) is 5.69 Å². The molecule has 2 aromatic carbocycles. The van der Waals surface area contributed by atoms with Crippen LogP contribution in [0.5, 0.6) is 5.75 Å². The lowest BCUT2D eigenvalue weighted by molar-refractivity contribution is -0.152. The molecule has 5 nitrogen and oxygen atoms in total. The Balaban J connectivity index is 1.62. The lowest BCUT2D eigenvalue weighted by Gasteiger charge is -2.38. The molecule has 1 unspecified atom stereocenters. The van der Waals surface area contributed by atoms with Crippen LogP contribution in [0.25, 0.3) is 0 Å². The van der Waals surface area contributed by atoms with E-state index in [4.69, 9.17) is 9.47 Å². The minimum absolute atomic E-state index is 0.0952. The highest BCUT2D eigenvalue weighted by Crippen LogP contribution is 2.38. The SMILES string of the molecule is CCOC(=O)C(CCCN1CCN(c2ccccc2OC)CC1)(c1ccccc1)C(C)C. The number of para-hydroxylation sites is 2. The molecular weight excluding hydrogens is 400 g/mol. The highest BCUT2D eigenvalue weighted by atomic mass is 16.5. The van der Waals surface area contributed by atoms with Crippen LogP contribution in [0, 0.1) is 5.92 Å². The van der Waals surface area contributed by atoms with Gasteiger partial charge in [0.15, 0.2) is 0 Å². The van der Waals surface area contributed by atoms with Gasteiger partial charge in [-0.15, -0.1) is 0 Å². The second kappa shape index (κ2) is 11.4. The second-order valence-electron chi connectivity index (χ2n) is 8.82. The Bertz CT molecular complexity index is 847. The van der Waals surface area contributed by atoms with E-state index < -0.39 is 5.41 Å². The van der Waals surface area contributed by atoms with Crippen molar-refractivity contribution in [2.75, 3.05) is 51.3 Å². The van der Waals surface area contributed by atoms with Gasteiger partial charge in [0.2, 0.25) is 0 Å². The number of benzene rings is 2. The fraction of sp³-hybridized carbons (Fsp3) is 0.519. The summed E-state index contributed by atoms with van der Waals surface area (Å²) >= 11 is 0. The highest BCUT2D eigenvalue weighted by molar-refractivity contribution is 5.83. The van der Waals surface area contributed by atoms with Crippen LogP contribution in [0.3, 0.4) is 0 Å². The van der Waals surface area contributed by atoms with Crippen LogP contribution in [0.1, 0.15) is 39.2 Å². The Hall–Kier alpha value is -2.53. The summed E-state index contributed by atoms with van der Waals surface area (Å²) in [4.78, 5) is 18.1. The van der Waals surface area contributed by atoms with Gasteiger partial charge in [-0.2, -0.15) is 0 Å². The van der Waals surface area contributed by atoms with E-state index in [9.17, 15) is 4.79 Å². The predicted molar refractivity (Wildman–Crippen MR) is 130 cm³/mol. The Kier molecular flexibility index (Phi) is 8.57. The molecule has 0 bridgehead atoms. The predicted octanol–water partition coefficient (Wildman–Crippen LogP) is 4.75. The summed E-state index contributed by atoms with van der Waals surface area (Å²) in [7, 11) is 1.73. The van der Waals surface area contributed by atoms with Crippen molar-refractivity contribution in [1.82, 2.24) is 4.90 Å². The zero-order valence-electron chi connectivity index (χ0n) is 20.0. The van der Waals surface area contributed by atoms with Gasteiger partial charge in [-0.05, 0) is 49.9 Å². The zero-order chi connectivity index (χ0) is 23.0. The summed E-state index contributed by atoms with van der Waals surface area (Å²) in [5, 5.41) is 0. The number of hydrogen-bond donors (Lipinski definition) is 0. The third-order valence-corrected chi connectivity index (χ3v) is 6.76. The lowest BCUT2D eigenvalue weighted by Crippen LogP contribution is -2.47. The molecule has 0 saturated carbocycles. The van der Waals surface area contributed by atoms with Crippen LogP contribution in [-0.2, 0) is 14.9 Å². The van der Waals surface area contributed by atoms with Gasteiger partial charge in [0.05, 0.1) is 24.8 Å². The summed E-state index contributed by atoms with van der Waals surface area (Å²) in [5.74, 6) is 0.994. The molecule has 1 aliphatic heterocycles. The first-order valence-corrected chi connectivity index (χ1v) is 11.9. The Labute approximate surface area is 193 Å². The molecule has 1 atom stereocenters. The maximum absolute atomic E-state index is 13.2. The molecular formula is C27H38N2O3. The third kappa shape index (κ3) is 5.26. The van der Waals surface area contributed by atoms with Gasteiger partial charge in [0.1, 0.15) is 5.75 Å². The van der Waals surface area contributed by atoms with Gasteiger partial charge in [0.25, 0.3) is 0 Å². The molecule has 0 spiro atoms. The summed E-state index contributed by atoms with van der Waals surface area (Å²) in [6.45, 7) is 11.5. The Morgan fingerprint density at radius 2 is 1.66 bits per heavy atom. The first kappa shape index (κ1) is 24.1. The maximum Gasteiger partial charge on any atom is 0.316 e. The maximum atomic E-state index is 13.2. The van der Waals surface area contributed by atoms with Gasteiger partial charge in [-0.3, -0.25) is 9.69 Å². The van der Waals surface area contributed by atoms with Crippen LogP contribution >= 0.6 is 0 Å². The largest absolute Gasteiger partial charge is 0.495 e. The van der Waals surface area contributed by atoms with Gasteiger partial charge >= 0.3 is 5.97 Å². The fourth-order valence-electron chi connectivity index (χ4n) is 4.90. The molecule has 0 N–H and O–H groups in total. The molecule has 0 amide bonds. The van der Waals surface area contributed by atoms with Crippen LogP contribution in [0.15, 0.2) is 54.6 Å². The number of piperazine rings is 1. The molecule has 1 aliphatic rings. The lowest BCUT2D eigenvalue weighted by atomic mass is 9.68. The number of hydrogen-bond acceptors (Lipinski definition) is 5. The van der Waals surface area contributed by atoms with E-state index in [2.05, 4.69) is 47.9 Å². The fourth-order valence-corrected chi connectivity index (χ4v) is 4.90. The Morgan fingerprint density at radius 3 is 2.28 bits per heavy atom. The number of methoxy groups -OCH3 is 1. The van der Waals surface area contributed by atoms with Crippen LogP contribution in [0.4, 0.5) is 5.69 Å². The first-order chi connectivity index (χ1) is 15.5. The van der Waals surface area contributed by atoms with Gasteiger partial charge in [-0.1, -0.05) is 56.3 Å². The topological polar surface area (TPSA) is 42.0 Å². The normalized spacial score (nSPS) is 16.6. The van der Waals surface area contributed by atoms with Crippen molar-refractivity contribution < 1.29 is 14.3 Å². The summed E-state index contributed by atoms with van der Waals surface area (Å²) in [6.07, 6.45) is 1.75. The number of carbonyl (C=O) groups is 1. The Morgan fingerprint density at radius 1 is 1.00 bits per heavy atom. The average Bonchev–Trinajstić information content (AvgIpc) is 2.82. The quantitative estimate of drug-likeness (QED) is 0.501. The number of esters is 1. The van der Waals surface area contributed by atoms with E-state index in [0.717, 1.165) is 56.9 Å². The molecule has 0 aliphatic carbocycles. The van der Waals surface area contributed by atoms with Crippen molar-refractivity contribution >= 4 is 11.7 Å². The standard InChI is InChI=1S/C27H38N2O3/c1-5-32-26(30)27(22(2)3,23-12-7-6-8-13-23)16-11-17-28-18-20-29(21-19-28)24-14-9-10-15-25(24)31-4/h6-10,12-15,22H,5,11,16-21H2,1-4H3. The van der Waals surface area contributed by atoms with Crippen molar-refractivity contribution in [3.8, 4) is 5.75 Å². The van der Waals surface area contributed by atoms with E-state index in [1.54, 1.807) is 7.11 Å². The monoisotopic (exact) mass is 438 g/mol. The number of nitrogens with zero attached hydrogens (tertiary/aromatic N) is 2.